The number of fused-ring (bicyclic) bond motifs is 1. The minimum Gasteiger partial charge on any atom is -0.497 e. The largest absolute Gasteiger partial charge is 0.497 e. The molecule has 0 amide bonds. The summed E-state index contributed by atoms with van der Waals surface area (Å²) in [6.07, 6.45) is 3.37. The first kappa shape index (κ1) is 13.0. The molecule has 0 fully saturated rings. The third-order valence-corrected chi connectivity index (χ3v) is 4.11. The molecular formula is C18H21NO. The summed E-state index contributed by atoms with van der Waals surface area (Å²) in [7, 11) is 1.73. The van der Waals surface area contributed by atoms with Gasteiger partial charge in [-0.25, -0.2) is 0 Å². The van der Waals surface area contributed by atoms with E-state index in [-0.39, 0.29) is 0 Å². The lowest BCUT2D eigenvalue weighted by atomic mass is 10.1. The molecule has 3 rings (SSSR count). The van der Waals surface area contributed by atoms with Gasteiger partial charge in [0.25, 0.3) is 0 Å². The molecule has 20 heavy (non-hydrogen) atoms. The first-order chi connectivity index (χ1) is 9.80. The Kier molecular flexibility index (Phi) is 3.64. The molecule has 104 valence electrons. The first-order valence-corrected chi connectivity index (χ1v) is 7.32. The van der Waals surface area contributed by atoms with E-state index >= 15 is 0 Å². The summed E-state index contributed by atoms with van der Waals surface area (Å²) >= 11 is 0. The van der Waals surface area contributed by atoms with Gasteiger partial charge in [-0.2, -0.15) is 0 Å². The number of rotatable bonds is 4. The van der Waals surface area contributed by atoms with Gasteiger partial charge < -0.3 is 10.1 Å². The van der Waals surface area contributed by atoms with E-state index in [1.165, 1.54) is 22.4 Å². The van der Waals surface area contributed by atoms with Crippen molar-refractivity contribution >= 4 is 5.69 Å². The maximum Gasteiger partial charge on any atom is 0.119 e. The molecule has 1 aliphatic rings. The minimum absolute atomic E-state index is 0.396. The summed E-state index contributed by atoms with van der Waals surface area (Å²) in [4.78, 5) is 0. The molecule has 2 aromatic carbocycles. The molecule has 1 N–H and O–H groups in total. The second-order valence-electron chi connectivity index (χ2n) is 5.35. The Morgan fingerprint density at radius 1 is 1.20 bits per heavy atom. The van der Waals surface area contributed by atoms with Crippen molar-refractivity contribution in [3.05, 3.63) is 59.2 Å². The minimum atomic E-state index is 0.396. The van der Waals surface area contributed by atoms with E-state index in [1.807, 2.05) is 0 Å². The Bertz CT molecular complexity index is 606. The van der Waals surface area contributed by atoms with Crippen molar-refractivity contribution in [1.29, 1.82) is 0 Å². The maximum absolute atomic E-state index is 5.35. The Hall–Kier alpha value is -1.96. The second-order valence-corrected chi connectivity index (χ2v) is 5.35. The van der Waals surface area contributed by atoms with Gasteiger partial charge in [-0.05, 0) is 60.2 Å². The third kappa shape index (κ3) is 2.51. The highest BCUT2D eigenvalue weighted by Gasteiger charge is 2.22. The lowest BCUT2D eigenvalue weighted by Crippen LogP contribution is -2.07. The molecule has 0 heterocycles. The van der Waals surface area contributed by atoms with Crippen LogP contribution in [0.3, 0.4) is 0 Å². The molecule has 0 saturated carbocycles. The monoisotopic (exact) mass is 267 g/mol. The molecule has 0 bridgehead atoms. The van der Waals surface area contributed by atoms with Crippen LogP contribution in [0.5, 0.6) is 5.75 Å². The van der Waals surface area contributed by atoms with E-state index in [2.05, 4.69) is 54.7 Å². The number of benzene rings is 2. The summed E-state index contributed by atoms with van der Waals surface area (Å²) < 4.78 is 5.35. The van der Waals surface area contributed by atoms with Gasteiger partial charge in [0, 0.05) is 5.69 Å². The van der Waals surface area contributed by atoms with Gasteiger partial charge in [0.15, 0.2) is 0 Å². The van der Waals surface area contributed by atoms with E-state index in [0.29, 0.717) is 6.04 Å². The van der Waals surface area contributed by atoms with Gasteiger partial charge in [0.2, 0.25) is 0 Å². The summed E-state index contributed by atoms with van der Waals surface area (Å²) in [5, 5.41) is 3.67. The van der Waals surface area contributed by atoms with Crippen molar-refractivity contribution in [2.24, 2.45) is 0 Å². The molecule has 1 unspecified atom stereocenters. The second kappa shape index (κ2) is 5.58. The summed E-state index contributed by atoms with van der Waals surface area (Å²) in [6.45, 7) is 2.19. The smallest absolute Gasteiger partial charge is 0.119 e. The van der Waals surface area contributed by atoms with Crippen LogP contribution in [0.25, 0.3) is 0 Å². The van der Waals surface area contributed by atoms with Crippen molar-refractivity contribution in [1.82, 2.24) is 0 Å². The van der Waals surface area contributed by atoms with Crippen LogP contribution in [0.2, 0.25) is 0 Å². The average molecular weight is 267 g/mol. The van der Waals surface area contributed by atoms with Crippen molar-refractivity contribution in [2.75, 3.05) is 12.4 Å². The number of anilines is 1. The van der Waals surface area contributed by atoms with E-state index in [4.69, 9.17) is 4.74 Å². The average Bonchev–Trinajstić information content (AvgIpc) is 2.89. The van der Waals surface area contributed by atoms with Crippen LogP contribution in [0.1, 0.15) is 36.1 Å². The Morgan fingerprint density at radius 3 is 2.90 bits per heavy atom. The van der Waals surface area contributed by atoms with Crippen molar-refractivity contribution in [3.63, 3.8) is 0 Å². The normalized spacial score (nSPS) is 16.8. The Labute approximate surface area is 120 Å². The molecule has 0 aliphatic heterocycles. The fourth-order valence-corrected chi connectivity index (χ4v) is 2.94. The van der Waals surface area contributed by atoms with Crippen LogP contribution in [0.4, 0.5) is 5.69 Å². The van der Waals surface area contributed by atoms with E-state index < -0.39 is 0 Å². The summed E-state index contributed by atoms with van der Waals surface area (Å²) in [5.74, 6) is 0.944. The molecule has 0 saturated heterocycles. The van der Waals surface area contributed by atoms with Crippen molar-refractivity contribution < 1.29 is 4.74 Å². The number of ether oxygens (including phenoxy) is 1. The zero-order valence-electron chi connectivity index (χ0n) is 12.1. The molecule has 0 radical (unpaired) electrons. The van der Waals surface area contributed by atoms with Crippen LogP contribution in [0.15, 0.2) is 42.5 Å². The SMILES string of the molecule is CCc1cccc(NC2CCc3ccc(OC)cc32)c1. The van der Waals surface area contributed by atoms with Crippen molar-refractivity contribution in [2.45, 2.75) is 32.2 Å². The fourth-order valence-electron chi connectivity index (χ4n) is 2.94. The molecule has 1 aliphatic carbocycles. The van der Waals surface area contributed by atoms with Crippen LogP contribution < -0.4 is 10.1 Å². The van der Waals surface area contributed by atoms with Gasteiger partial charge >= 0.3 is 0 Å². The zero-order valence-corrected chi connectivity index (χ0v) is 12.1. The molecule has 2 heteroatoms. The highest BCUT2D eigenvalue weighted by atomic mass is 16.5. The molecular weight excluding hydrogens is 246 g/mol. The zero-order chi connectivity index (χ0) is 13.9. The number of aryl methyl sites for hydroxylation is 2. The van der Waals surface area contributed by atoms with Crippen LogP contribution >= 0.6 is 0 Å². The number of methoxy groups -OCH3 is 1. The highest BCUT2D eigenvalue weighted by Crippen LogP contribution is 2.36. The predicted molar refractivity (Wildman–Crippen MR) is 83.5 cm³/mol. The first-order valence-electron chi connectivity index (χ1n) is 7.32. The van der Waals surface area contributed by atoms with Gasteiger partial charge in [-0.15, -0.1) is 0 Å². The number of nitrogens with one attached hydrogen (secondary N) is 1. The topological polar surface area (TPSA) is 21.3 Å². The van der Waals surface area contributed by atoms with E-state index in [9.17, 15) is 0 Å². The van der Waals surface area contributed by atoms with Crippen LogP contribution in [-0.4, -0.2) is 7.11 Å². The van der Waals surface area contributed by atoms with Crippen LogP contribution in [0, 0.1) is 0 Å². The van der Waals surface area contributed by atoms with E-state index in [0.717, 1.165) is 25.0 Å². The Morgan fingerprint density at radius 2 is 2.10 bits per heavy atom. The van der Waals surface area contributed by atoms with Gasteiger partial charge in [0.1, 0.15) is 5.75 Å². The summed E-state index contributed by atoms with van der Waals surface area (Å²) in [6, 6.07) is 15.5. The van der Waals surface area contributed by atoms with Crippen molar-refractivity contribution in [3.8, 4) is 5.75 Å². The Balaban J connectivity index is 1.83. The molecule has 2 aromatic rings. The number of hydrogen-bond donors (Lipinski definition) is 1. The fraction of sp³-hybridized carbons (Fsp3) is 0.333. The molecule has 1 atom stereocenters. The predicted octanol–water partition coefficient (Wildman–Crippen LogP) is 4.36. The maximum atomic E-state index is 5.35. The van der Waals surface area contributed by atoms with Gasteiger partial charge in [-0.1, -0.05) is 25.1 Å². The van der Waals surface area contributed by atoms with Crippen LogP contribution in [-0.2, 0) is 12.8 Å². The highest BCUT2D eigenvalue weighted by molar-refractivity contribution is 5.51. The third-order valence-electron chi connectivity index (χ3n) is 4.11. The van der Waals surface area contributed by atoms with Gasteiger partial charge in [-0.3, -0.25) is 0 Å². The lowest BCUT2D eigenvalue weighted by molar-refractivity contribution is 0.414. The van der Waals surface area contributed by atoms with E-state index in [1.54, 1.807) is 7.11 Å². The molecule has 0 aromatic heterocycles. The summed E-state index contributed by atoms with van der Waals surface area (Å²) in [5.41, 5.74) is 5.41. The standard InChI is InChI=1S/C18H21NO/c1-3-13-5-4-6-15(11-13)19-18-10-8-14-7-9-16(20-2)12-17(14)18/h4-7,9,11-12,18-19H,3,8,10H2,1-2H3. The lowest BCUT2D eigenvalue weighted by Gasteiger charge is -2.17. The number of hydrogen-bond acceptors (Lipinski definition) is 2. The molecule has 0 spiro atoms. The quantitative estimate of drug-likeness (QED) is 0.888. The van der Waals surface area contributed by atoms with Gasteiger partial charge in [0.05, 0.1) is 13.2 Å². The molecule has 2 nitrogen and oxygen atoms in total.